The average molecular weight is 601 g/mol. The quantitative estimate of drug-likeness (QED) is 0.0861. The van der Waals surface area contributed by atoms with Crippen LogP contribution in [-0.2, 0) is 22.7 Å². The third-order valence-corrected chi connectivity index (χ3v) is 7.29. The van der Waals surface area contributed by atoms with Crippen molar-refractivity contribution in [1.29, 1.82) is 0 Å². The summed E-state index contributed by atoms with van der Waals surface area (Å²) in [7, 11) is 0. The van der Waals surface area contributed by atoms with E-state index in [1.54, 1.807) is 0 Å². The van der Waals surface area contributed by atoms with Gasteiger partial charge in [-0.1, -0.05) is 115 Å². The van der Waals surface area contributed by atoms with E-state index in [1.165, 1.54) is 0 Å². The first kappa shape index (κ1) is 31.7. The summed E-state index contributed by atoms with van der Waals surface area (Å²) in [6, 6.07) is 46.7. The number of hydrogen-bond acceptors (Lipinski definition) is 5. The van der Waals surface area contributed by atoms with Gasteiger partial charge in [-0.25, -0.2) is 0 Å². The van der Waals surface area contributed by atoms with Crippen LogP contribution in [0.4, 0.5) is 0 Å². The Bertz CT molecular complexity index is 1470. The fraction of sp³-hybridized carbons (Fsp3) is 0.200. The van der Waals surface area contributed by atoms with Gasteiger partial charge in [-0.3, -0.25) is 0 Å². The van der Waals surface area contributed by atoms with Crippen LogP contribution >= 0.6 is 0 Å². The fourth-order valence-electron chi connectivity index (χ4n) is 5.08. The molecule has 0 heterocycles. The SMILES string of the molecule is OCCC(=C(c1ccc(OCCOCc2ccccc2)cc1)c1ccc(OCCOCc2ccccc2)cc1)c1ccccc1. The van der Waals surface area contributed by atoms with Crippen LogP contribution in [0, 0.1) is 0 Å². The average Bonchev–Trinajstić information content (AvgIpc) is 3.10. The Morgan fingerprint density at radius 3 is 1.29 bits per heavy atom. The van der Waals surface area contributed by atoms with Crippen molar-refractivity contribution >= 4 is 11.1 Å². The molecular formula is C40H40O5. The molecule has 0 aliphatic rings. The number of benzene rings is 5. The lowest BCUT2D eigenvalue weighted by atomic mass is 9.88. The van der Waals surface area contributed by atoms with Crippen molar-refractivity contribution in [2.45, 2.75) is 19.6 Å². The van der Waals surface area contributed by atoms with Gasteiger partial charge in [0.15, 0.2) is 0 Å². The van der Waals surface area contributed by atoms with E-state index < -0.39 is 0 Å². The van der Waals surface area contributed by atoms with E-state index in [0.29, 0.717) is 46.1 Å². The molecule has 0 atom stereocenters. The molecule has 0 aliphatic carbocycles. The Morgan fingerprint density at radius 1 is 0.444 bits per heavy atom. The topological polar surface area (TPSA) is 57.2 Å². The number of hydrogen-bond donors (Lipinski definition) is 1. The number of ether oxygens (including phenoxy) is 4. The summed E-state index contributed by atoms with van der Waals surface area (Å²) in [5.41, 5.74) is 7.58. The van der Waals surface area contributed by atoms with Gasteiger partial charge in [-0.05, 0) is 69.6 Å². The molecule has 0 spiro atoms. The molecular weight excluding hydrogens is 560 g/mol. The molecule has 0 saturated heterocycles. The summed E-state index contributed by atoms with van der Waals surface area (Å²) in [4.78, 5) is 0. The molecule has 5 heteroatoms. The Balaban J connectivity index is 1.25. The lowest BCUT2D eigenvalue weighted by molar-refractivity contribution is 0.0889. The third kappa shape index (κ3) is 9.91. The van der Waals surface area contributed by atoms with Crippen molar-refractivity contribution in [2.24, 2.45) is 0 Å². The predicted molar refractivity (Wildman–Crippen MR) is 180 cm³/mol. The van der Waals surface area contributed by atoms with Gasteiger partial charge >= 0.3 is 0 Å². The van der Waals surface area contributed by atoms with Gasteiger partial charge < -0.3 is 24.1 Å². The Morgan fingerprint density at radius 2 is 0.867 bits per heavy atom. The first-order valence-corrected chi connectivity index (χ1v) is 15.4. The van der Waals surface area contributed by atoms with Gasteiger partial charge in [0.2, 0.25) is 0 Å². The maximum Gasteiger partial charge on any atom is 0.119 e. The molecule has 45 heavy (non-hydrogen) atoms. The fourth-order valence-corrected chi connectivity index (χ4v) is 5.08. The predicted octanol–water partition coefficient (Wildman–Crippen LogP) is 8.22. The summed E-state index contributed by atoms with van der Waals surface area (Å²) in [5.74, 6) is 1.56. The van der Waals surface area contributed by atoms with E-state index in [4.69, 9.17) is 18.9 Å². The van der Waals surface area contributed by atoms with Crippen molar-refractivity contribution in [3.05, 3.63) is 167 Å². The van der Waals surface area contributed by atoms with Crippen LogP contribution in [0.3, 0.4) is 0 Å². The van der Waals surface area contributed by atoms with Crippen molar-refractivity contribution < 1.29 is 24.1 Å². The Hall–Kier alpha value is -4.68. The molecule has 0 amide bonds. The molecule has 0 radical (unpaired) electrons. The zero-order valence-corrected chi connectivity index (χ0v) is 25.5. The third-order valence-electron chi connectivity index (χ3n) is 7.29. The normalized spacial score (nSPS) is 10.8. The van der Waals surface area contributed by atoms with E-state index >= 15 is 0 Å². The Labute approximate surface area is 266 Å². The molecule has 0 bridgehead atoms. The molecule has 0 aromatic heterocycles. The van der Waals surface area contributed by atoms with Crippen LogP contribution in [0.15, 0.2) is 140 Å². The minimum absolute atomic E-state index is 0.0437. The summed E-state index contributed by atoms with van der Waals surface area (Å²) < 4.78 is 23.4. The second-order valence-electron chi connectivity index (χ2n) is 10.5. The van der Waals surface area contributed by atoms with Crippen LogP contribution in [-0.4, -0.2) is 38.1 Å². The monoisotopic (exact) mass is 600 g/mol. The molecule has 1 N–H and O–H groups in total. The van der Waals surface area contributed by atoms with Gasteiger partial charge in [-0.15, -0.1) is 0 Å². The largest absolute Gasteiger partial charge is 0.491 e. The van der Waals surface area contributed by atoms with Gasteiger partial charge in [0.05, 0.1) is 26.4 Å². The van der Waals surface area contributed by atoms with E-state index in [-0.39, 0.29) is 6.61 Å². The van der Waals surface area contributed by atoms with Gasteiger partial charge in [0, 0.05) is 6.61 Å². The molecule has 0 saturated carbocycles. The van der Waals surface area contributed by atoms with E-state index in [0.717, 1.165) is 50.5 Å². The van der Waals surface area contributed by atoms with Crippen LogP contribution in [0.2, 0.25) is 0 Å². The zero-order chi connectivity index (χ0) is 30.9. The first-order chi connectivity index (χ1) is 22.3. The zero-order valence-electron chi connectivity index (χ0n) is 25.5. The van der Waals surface area contributed by atoms with Gasteiger partial charge in [0.25, 0.3) is 0 Å². The highest BCUT2D eigenvalue weighted by atomic mass is 16.5. The minimum Gasteiger partial charge on any atom is -0.491 e. The first-order valence-electron chi connectivity index (χ1n) is 15.4. The van der Waals surface area contributed by atoms with Crippen LogP contribution in [0.5, 0.6) is 11.5 Å². The molecule has 5 aromatic rings. The summed E-state index contributed by atoms with van der Waals surface area (Å²) >= 11 is 0. The molecule has 0 aliphatic heterocycles. The van der Waals surface area contributed by atoms with Gasteiger partial charge in [-0.2, -0.15) is 0 Å². The maximum absolute atomic E-state index is 10.1. The lowest BCUT2D eigenvalue weighted by Gasteiger charge is -2.18. The molecule has 5 rings (SSSR count). The number of aliphatic hydroxyl groups excluding tert-OH is 1. The van der Waals surface area contributed by atoms with Crippen molar-refractivity contribution in [3.63, 3.8) is 0 Å². The second kappa shape index (κ2) is 17.6. The molecule has 5 nitrogen and oxygen atoms in total. The van der Waals surface area contributed by atoms with Crippen molar-refractivity contribution in [2.75, 3.05) is 33.0 Å². The van der Waals surface area contributed by atoms with Gasteiger partial charge in [0.1, 0.15) is 24.7 Å². The molecule has 230 valence electrons. The summed E-state index contributed by atoms with van der Waals surface area (Å²) in [5, 5.41) is 10.1. The van der Waals surface area contributed by atoms with Crippen molar-refractivity contribution in [3.8, 4) is 11.5 Å². The van der Waals surface area contributed by atoms with Crippen LogP contribution < -0.4 is 9.47 Å². The van der Waals surface area contributed by atoms with Crippen molar-refractivity contribution in [1.82, 2.24) is 0 Å². The van der Waals surface area contributed by atoms with Crippen LogP contribution in [0.25, 0.3) is 11.1 Å². The summed E-state index contributed by atoms with van der Waals surface area (Å²) in [6.07, 6.45) is 0.521. The molecule has 5 aromatic carbocycles. The number of aliphatic hydroxyl groups is 1. The summed E-state index contributed by atoms with van der Waals surface area (Å²) in [6.45, 7) is 3.11. The smallest absolute Gasteiger partial charge is 0.119 e. The molecule has 0 fully saturated rings. The highest BCUT2D eigenvalue weighted by Crippen LogP contribution is 2.35. The van der Waals surface area contributed by atoms with E-state index in [1.807, 2.05) is 78.9 Å². The highest BCUT2D eigenvalue weighted by molar-refractivity contribution is 5.98. The van der Waals surface area contributed by atoms with Crippen LogP contribution in [0.1, 0.15) is 34.2 Å². The number of rotatable bonds is 17. The standard InChI is InChI=1S/C40H40O5/c41-25-24-39(34-14-8-3-9-15-34)40(35-16-20-37(21-17-35)44-28-26-42-30-32-10-4-1-5-11-32)36-18-22-38(23-19-36)45-29-27-43-31-33-12-6-2-7-13-33/h1-23,41H,24-31H2. The highest BCUT2D eigenvalue weighted by Gasteiger charge is 2.15. The Kier molecular flexibility index (Phi) is 12.4. The minimum atomic E-state index is 0.0437. The lowest BCUT2D eigenvalue weighted by Crippen LogP contribution is -2.07. The maximum atomic E-state index is 10.1. The molecule has 0 unspecified atom stereocenters. The second-order valence-corrected chi connectivity index (χ2v) is 10.5. The van der Waals surface area contributed by atoms with E-state index in [9.17, 15) is 5.11 Å². The van der Waals surface area contributed by atoms with E-state index in [2.05, 4.69) is 60.7 Å².